The maximum absolute atomic E-state index is 12.3. The van der Waals surface area contributed by atoms with E-state index in [4.69, 9.17) is 4.74 Å². The number of likely N-dealkylation sites (tertiary alicyclic amines) is 1. The van der Waals surface area contributed by atoms with Crippen molar-refractivity contribution in [3.63, 3.8) is 0 Å². The average Bonchev–Trinajstić information content (AvgIpc) is 3.20. The Labute approximate surface area is 142 Å². The van der Waals surface area contributed by atoms with Crippen molar-refractivity contribution in [3.8, 4) is 5.75 Å². The van der Waals surface area contributed by atoms with Crippen LogP contribution in [0.3, 0.4) is 0 Å². The molecule has 0 radical (unpaired) electrons. The van der Waals surface area contributed by atoms with E-state index >= 15 is 0 Å². The maximum atomic E-state index is 12.3. The van der Waals surface area contributed by atoms with Crippen LogP contribution in [-0.4, -0.2) is 39.9 Å². The zero-order valence-corrected chi connectivity index (χ0v) is 14.2. The van der Waals surface area contributed by atoms with Gasteiger partial charge in [-0.1, -0.05) is 18.2 Å². The maximum Gasteiger partial charge on any atom is 0.317 e. The van der Waals surface area contributed by atoms with Gasteiger partial charge >= 0.3 is 6.03 Å². The molecule has 1 aliphatic rings. The summed E-state index contributed by atoms with van der Waals surface area (Å²) in [5.41, 5.74) is 2.02. The van der Waals surface area contributed by atoms with E-state index in [2.05, 4.69) is 10.4 Å². The highest BCUT2D eigenvalue weighted by Crippen LogP contribution is 2.18. The van der Waals surface area contributed by atoms with Crippen LogP contribution < -0.4 is 10.1 Å². The third-order valence-corrected chi connectivity index (χ3v) is 4.28. The Morgan fingerprint density at radius 1 is 1.38 bits per heavy atom. The van der Waals surface area contributed by atoms with Crippen molar-refractivity contribution < 1.29 is 9.53 Å². The van der Waals surface area contributed by atoms with Gasteiger partial charge in [0, 0.05) is 37.8 Å². The Hall–Kier alpha value is -2.50. The number of hydrogen-bond acceptors (Lipinski definition) is 3. The molecule has 6 nitrogen and oxygen atoms in total. The lowest BCUT2D eigenvalue weighted by Crippen LogP contribution is -2.39. The van der Waals surface area contributed by atoms with E-state index < -0.39 is 0 Å². The molecule has 0 aliphatic carbocycles. The second-order valence-electron chi connectivity index (χ2n) is 6.04. The van der Waals surface area contributed by atoms with E-state index in [0.717, 1.165) is 36.5 Å². The Kier molecular flexibility index (Phi) is 5.03. The van der Waals surface area contributed by atoms with Crippen molar-refractivity contribution in [1.29, 1.82) is 0 Å². The second-order valence-corrected chi connectivity index (χ2v) is 6.04. The number of para-hydroxylation sites is 1. The summed E-state index contributed by atoms with van der Waals surface area (Å²) in [5.74, 6) is 0.854. The molecule has 0 spiro atoms. The first-order chi connectivity index (χ1) is 11.7. The van der Waals surface area contributed by atoms with Gasteiger partial charge in [0.1, 0.15) is 11.9 Å². The number of nitrogens with zero attached hydrogens (tertiary/aromatic N) is 3. The molecule has 1 fully saturated rings. The van der Waals surface area contributed by atoms with Gasteiger partial charge < -0.3 is 15.0 Å². The fraction of sp³-hybridized carbons (Fsp3) is 0.444. The van der Waals surface area contributed by atoms with E-state index in [1.165, 1.54) is 0 Å². The Morgan fingerprint density at radius 3 is 2.88 bits per heavy atom. The lowest BCUT2D eigenvalue weighted by molar-refractivity contribution is 0.186. The number of rotatable bonds is 5. The highest BCUT2D eigenvalue weighted by Gasteiger charge is 2.27. The first-order valence-corrected chi connectivity index (χ1v) is 8.43. The fourth-order valence-corrected chi connectivity index (χ4v) is 2.88. The molecule has 3 rings (SSSR count). The molecule has 128 valence electrons. The average molecular weight is 328 g/mol. The van der Waals surface area contributed by atoms with Gasteiger partial charge in [0.25, 0.3) is 0 Å². The Bertz CT molecular complexity index is 684. The number of aromatic nitrogens is 2. The summed E-state index contributed by atoms with van der Waals surface area (Å²) >= 11 is 0. The standard InChI is InChI=1S/C18H24N4O2/c1-3-22-12-15(14(2)20-22)11-19-18(23)21-10-9-17(13-21)24-16-7-5-4-6-8-16/h4-8,12,17H,3,9-11,13H2,1-2H3,(H,19,23). The van der Waals surface area contributed by atoms with Crippen LogP contribution in [0.2, 0.25) is 0 Å². The molecule has 1 atom stereocenters. The van der Waals surface area contributed by atoms with E-state index in [9.17, 15) is 4.79 Å². The van der Waals surface area contributed by atoms with E-state index in [-0.39, 0.29) is 12.1 Å². The van der Waals surface area contributed by atoms with Crippen molar-refractivity contribution in [2.45, 2.75) is 39.5 Å². The summed E-state index contributed by atoms with van der Waals surface area (Å²) in [5, 5.41) is 7.38. The predicted octanol–water partition coefficient (Wildman–Crippen LogP) is 2.57. The van der Waals surface area contributed by atoms with Crippen LogP contribution in [-0.2, 0) is 13.1 Å². The summed E-state index contributed by atoms with van der Waals surface area (Å²) in [6.45, 7) is 6.69. The van der Waals surface area contributed by atoms with Gasteiger partial charge in [0.05, 0.1) is 12.2 Å². The molecule has 1 aromatic heterocycles. The third kappa shape index (κ3) is 3.88. The van der Waals surface area contributed by atoms with E-state index in [1.54, 1.807) is 0 Å². The van der Waals surface area contributed by atoms with Crippen LogP contribution in [0, 0.1) is 6.92 Å². The molecule has 6 heteroatoms. The zero-order valence-electron chi connectivity index (χ0n) is 14.2. The van der Waals surface area contributed by atoms with Gasteiger partial charge in [0.2, 0.25) is 0 Å². The molecule has 0 bridgehead atoms. The number of amides is 2. The van der Waals surface area contributed by atoms with E-state index in [1.807, 2.05) is 60.0 Å². The van der Waals surface area contributed by atoms with Crippen LogP contribution >= 0.6 is 0 Å². The molecule has 0 saturated carbocycles. The van der Waals surface area contributed by atoms with Gasteiger partial charge in [0.15, 0.2) is 0 Å². The zero-order chi connectivity index (χ0) is 16.9. The number of benzene rings is 1. The number of hydrogen-bond donors (Lipinski definition) is 1. The number of aryl methyl sites for hydroxylation is 2. The van der Waals surface area contributed by atoms with Gasteiger partial charge in [-0.05, 0) is 26.0 Å². The first kappa shape index (κ1) is 16.4. The minimum Gasteiger partial charge on any atom is -0.489 e. The topological polar surface area (TPSA) is 59.4 Å². The lowest BCUT2D eigenvalue weighted by atomic mass is 10.3. The van der Waals surface area contributed by atoms with Gasteiger partial charge in [-0.25, -0.2) is 4.79 Å². The second kappa shape index (κ2) is 7.38. The quantitative estimate of drug-likeness (QED) is 0.918. The van der Waals surface area contributed by atoms with Crippen LogP contribution in [0.5, 0.6) is 5.75 Å². The minimum absolute atomic E-state index is 0.0437. The molecule has 2 aromatic rings. The minimum atomic E-state index is -0.0437. The van der Waals surface area contributed by atoms with E-state index in [0.29, 0.717) is 13.1 Å². The fourth-order valence-electron chi connectivity index (χ4n) is 2.88. The van der Waals surface area contributed by atoms with Gasteiger partial charge in [-0.3, -0.25) is 4.68 Å². The van der Waals surface area contributed by atoms with Crippen molar-refractivity contribution in [2.24, 2.45) is 0 Å². The monoisotopic (exact) mass is 328 g/mol. The van der Waals surface area contributed by atoms with Crippen LogP contribution in [0.15, 0.2) is 36.5 Å². The van der Waals surface area contributed by atoms with Crippen LogP contribution in [0.4, 0.5) is 4.79 Å². The van der Waals surface area contributed by atoms with Crippen molar-refractivity contribution in [1.82, 2.24) is 20.0 Å². The van der Waals surface area contributed by atoms with Crippen LogP contribution in [0.25, 0.3) is 0 Å². The van der Waals surface area contributed by atoms with Crippen molar-refractivity contribution >= 4 is 6.03 Å². The summed E-state index contributed by atoms with van der Waals surface area (Å²) < 4.78 is 7.81. The molecule has 1 saturated heterocycles. The normalized spacial score (nSPS) is 17.1. The number of nitrogens with one attached hydrogen (secondary N) is 1. The molecular weight excluding hydrogens is 304 g/mol. The van der Waals surface area contributed by atoms with Crippen molar-refractivity contribution in [3.05, 3.63) is 47.8 Å². The van der Waals surface area contributed by atoms with Crippen molar-refractivity contribution in [2.75, 3.05) is 13.1 Å². The Balaban J connectivity index is 1.48. The molecule has 2 heterocycles. The number of carbonyl (C=O) groups is 1. The smallest absolute Gasteiger partial charge is 0.317 e. The summed E-state index contributed by atoms with van der Waals surface area (Å²) in [4.78, 5) is 14.1. The molecule has 24 heavy (non-hydrogen) atoms. The van der Waals surface area contributed by atoms with Gasteiger partial charge in [-0.2, -0.15) is 5.10 Å². The largest absolute Gasteiger partial charge is 0.489 e. The highest BCUT2D eigenvalue weighted by atomic mass is 16.5. The number of urea groups is 1. The predicted molar refractivity (Wildman–Crippen MR) is 91.9 cm³/mol. The van der Waals surface area contributed by atoms with Gasteiger partial charge in [-0.15, -0.1) is 0 Å². The molecule has 1 N–H and O–H groups in total. The Morgan fingerprint density at radius 2 is 2.17 bits per heavy atom. The molecule has 1 aromatic carbocycles. The molecule has 1 unspecified atom stereocenters. The SMILES string of the molecule is CCn1cc(CNC(=O)N2CCC(Oc3ccccc3)C2)c(C)n1. The summed E-state index contributed by atoms with van der Waals surface area (Å²) in [6, 6.07) is 9.71. The van der Waals surface area contributed by atoms with Crippen LogP contribution in [0.1, 0.15) is 24.6 Å². The number of ether oxygens (including phenoxy) is 1. The lowest BCUT2D eigenvalue weighted by Gasteiger charge is -2.18. The summed E-state index contributed by atoms with van der Waals surface area (Å²) in [6.07, 6.45) is 2.90. The first-order valence-electron chi connectivity index (χ1n) is 8.43. The summed E-state index contributed by atoms with van der Waals surface area (Å²) in [7, 11) is 0. The third-order valence-electron chi connectivity index (χ3n) is 4.28. The highest BCUT2D eigenvalue weighted by molar-refractivity contribution is 5.74. The molecule has 2 amide bonds. The molecular formula is C18H24N4O2. The molecule has 1 aliphatic heterocycles. The number of carbonyl (C=O) groups excluding carboxylic acids is 1.